The van der Waals surface area contributed by atoms with Crippen molar-refractivity contribution < 1.29 is 4.79 Å². The molecule has 15 heavy (non-hydrogen) atoms. The molecule has 0 unspecified atom stereocenters. The lowest BCUT2D eigenvalue weighted by Gasteiger charge is -2.14. The van der Waals surface area contributed by atoms with Crippen LogP contribution in [0.5, 0.6) is 0 Å². The molecule has 4 heteroatoms. The monoisotopic (exact) mass is 245 g/mol. The summed E-state index contributed by atoms with van der Waals surface area (Å²) < 4.78 is 0. The van der Waals surface area contributed by atoms with Gasteiger partial charge in [0.15, 0.2) is 0 Å². The second kappa shape index (κ2) is 6.85. The summed E-state index contributed by atoms with van der Waals surface area (Å²) in [5, 5.41) is 2.07. The first kappa shape index (κ1) is 12.5. The summed E-state index contributed by atoms with van der Waals surface area (Å²) in [5.41, 5.74) is 0. The minimum atomic E-state index is 0.187. The van der Waals surface area contributed by atoms with Gasteiger partial charge in [0.2, 0.25) is 5.91 Å². The summed E-state index contributed by atoms with van der Waals surface area (Å²) in [5.74, 6) is 0.694. The predicted molar refractivity (Wildman–Crippen MR) is 65.6 cm³/mol. The van der Waals surface area contributed by atoms with E-state index < -0.39 is 0 Å². The van der Waals surface area contributed by atoms with E-state index in [1.165, 1.54) is 4.88 Å². The Morgan fingerprint density at radius 2 is 2.40 bits per heavy atom. The SMILES string of the molecule is CN(CCCl)C(=O)CCCc1cccs1. The number of carbonyl (C=O) groups is 1. The Hall–Kier alpha value is -0.540. The molecule has 1 rings (SSSR count). The van der Waals surface area contributed by atoms with Gasteiger partial charge in [-0.2, -0.15) is 0 Å². The number of aryl methyl sites for hydroxylation is 1. The Morgan fingerprint density at radius 3 is 3.00 bits per heavy atom. The number of thiophene rings is 1. The van der Waals surface area contributed by atoms with E-state index in [0.29, 0.717) is 18.8 Å². The van der Waals surface area contributed by atoms with Gasteiger partial charge in [0.25, 0.3) is 0 Å². The van der Waals surface area contributed by atoms with E-state index in [9.17, 15) is 4.79 Å². The normalized spacial score (nSPS) is 10.3. The number of amides is 1. The highest BCUT2D eigenvalue weighted by Gasteiger charge is 2.07. The molecule has 0 aromatic carbocycles. The average Bonchev–Trinajstić information content (AvgIpc) is 2.71. The van der Waals surface area contributed by atoms with Gasteiger partial charge in [0.1, 0.15) is 0 Å². The quantitative estimate of drug-likeness (QED) is 0.706. The molecule has 0 radical (unpaired) electrons. The van der Waals surface area contributed by atoms with Crippen LogP contribution in [0.4, 0.5) is 0 Å². The van der Waals surface area contributed by atoms with Gasteiger partial charge >= 0.3 is 0 Å². The number of hydrogen-bond acceptors (Lipinski definition) is 2. The van der Waals surface area contributed by atoms with Gasteiger partial charge in [-0.25, -0.2) is 0 Å². The van der Waals surface area contributed by atoms with Crippen LogP contribution in [0.1, 0.15) is 17.7 Å². The molecule has 0 aliphatic heterocycles. The van der Waals surface area contributed by atoms with Crippen molar-refractivity contribution >= 4 is 28.8 Å². The van der Waals surface area contributed by atoms with Crippen molar-refractivity contribution in [3.63, 3.8) is 0 Å². The molecule has 0 aliphatic rings. The zero-order valence-electron chi connectivity index (χ0n) is 8.91. The van der Waals surface area contributed by atoms with E-state index >= 15 is 0 Å². The highest BCUT2D eigenvalue weighted by molar-refractivity contribution is 7.09. The summed E-state index contributed by atoms with van der Waals surface area (Å²) in [7, 11) is 1.80. The van der Waals surface area contributed by atoms with Gasteiger partial charge in [-0.3, -0.25) is 4.79 Å². The Bertz CT molecular complexity index is 287. The van der Waals surface area contributed by atoms with E-state index in [0.717, 1.165) is 12.8 Å². The second-order valence-corrected chi connectivity index (χ2v) is 4.85. The molecule has 1 amide bonds. The van der Waals surface area contributed by atoms with Crippen molar-refractivity contribution in [1.29, 1.82) is 0 Å². The zero-order chi connectivity index (χ0) is 11.1. The Labute approximate surface area is 99.9 Å². The van der Waals surface area contributed by atoms with E-state index in [2.05, 4.69) is 11.4 Å². The third-order valence-electron chi connectivity index (χ3n) is 2.24. The van der Waals surface area contributed by atoms with E-state index in [-0.39, 0.29) is 5.91 Å². The molecule has 1 aromatic heterocycles. The first-order valence-electron chi connectivity index (χ1n) is 5.06. The van der Waals surface area contributed by atoms with Gasteiger partial charge in [-0.15, -0.1) is 22.9 Å². The highest BCUT2D eigenvalue weighted by atomic mass is 35.5. The summed E-state index contributed by atoms with van der Waals surface area (Å²) in [6.07, 6.45) is 2.54. The summed E-state index contributed by atoms with van der Waals surface area (Å²) >= 11 is 7.31. The van der Waals surface area contributed by atoms with Crippen molar-refractivity contribution in [2.24, 2.45) is 0 Å². The molecule has 0 atom stereocenters. The zero-order valence-corrected chi connectivity index (χ0v) is 10.5. The fourth-order valence-electron chi connectivity index (χ4n) is 1.31. The first-order valence-corrected chi connectivity index (χ1v) is 6.47. The number of halogens is 1. The number of nitrogens with zero attached hydrogens (tertiary/aromatic N) is 1. The minimum Gasteiger partial charge on any atom is -0.345 e. The molecule has 0 fully saturated rings. The number of alkyl halides is 1. The van der Waals surface area contributed by atoms with Crippen LogP contribution in [0.25, 0.3) is 0 Å². The van der Waals surface area contributed by atoms with Crippen LogP contribution < -0.4 is 0 Å². The van der Waals surface area contributed by atoms with Crippen LogP contribution >= 0.6 is 22.9 Å². The maximum atomic E-state index is 11.5. The molecule has 0 spiro atoms. The predicted octanol–water partition coefficient (Wildman–Crippen LogP) is 2.77. The van der Waals surface area contributed by atoms with Crippen LogP contribution in [-0.4, -0.2) is 30.3 Å². The van der Waals surface area contributed by atoms with Crippen LogP contribution in [0.15, 0.2) is 17.5 Å². The van der Waals surface area contributed by atoms with Crippen molar-refractivity contribution in [1.82, 2.24) is 4.90 Å². The molecular weight excluding hydrogens is 230 g/mol. The van der Waals surface area contributed by atoms with Gasteiger partial charge < -0.3 is 4.90 Å². The number of rotatable bonds is 6. The number of carbonyl (C=O) groups excluding carboxylic acids is 1. The molecule has 0 saturated carbocycles. The molecule has 1 heterocycles. The Morgan fingerprint density at radius 1 is 1.60 bits per heavy atom. The third kappa shape index (κ3) is 4.67. The summed E-state index contributed by atoms with van der Waals surface area (Å²) in [4.78, 5) is 14.6. The van der Waals surface area contributed by atoms with E-state index in [4.69, 9.17) is 11.6 Å². The van der Waals surface area contributed by atoms with Gasteiger partial charge in [-0.1, -0.05) is 6.07 Å². The third-order valence-corrected chi connectivity index (χ3v) is 3.34. The molecule has 1 aromatic rings. The Balaban J connectivity index is 2.17. The number of hydrogen-bond donors (Lipinski definition) is 0. The fourth-order valence-corrected chi connectivity index (χ4v) is 2.32. The fraction of sp³-hybridized carbons (Fsp3) is 0.545. The van der Waals surface area contributed by atoms with E-state index in [1.807, 2.05) is 6.07 Å². The molecular formula is C11H16ClNOS. The van der Waals surface area contributed by atoms with Crippen molar-refractivity contribution in [2.75, 3.05) is 19.5 Å². The largest absolute Gasteiger partial charge is 0.345 e. The topological polar surface area (TPSA) is 20.3 Å². The lowest BCUT2D eigenvalue weighted by Crippen LogP contribution is -2.28. The summed E-state index contributed by atoms with van der Waals surface area (Å²) in [6, 6.07) is 4.15. The van der Waals surface area contributed by atoms with Crippen molar-refractivity contribution in [2.45, 2.75) is 19.3 Å². The van der Waals surface area contributed by atoms with Gasteiger partial charge in [0, 0.05) is 30.8 Å². The van der Waals surface area contributed by atoms with Crippen LogP contribution in [0, 0.1) is 0 Å². The van der Waals surface area contributed by atoms with Crippen LogP contribution in [-0.2, 0) is 11.2 Å². The maximum Gasteiger partial charge on any atom is 0.222 e. The van der Waals surface area contributed by atoms with Gasteiger partial charge in [0.05, 0.1) is 0 Å². The highest BCUT2D eigenvalue weighted by Crippen LogP contribution is 2.12. The molecule has 0 bridgehead atoms. The second-order valence-electron chi connectivity index (χ2n) is 3.44. The molecule has 0 aliphatic carbocycles. The van der Waals surface area contributed by atoms with E-state index in [1.54, 1.807) is 23.3 Å². The smallest absolute Gasteiger partial charge is 0.222 e. The molecule has 2 nitrogen and oxygen atoms in total. The lowest BCUT2D eigenvalue weighted by molar-refractivity contribution is -0.129. The molecule has 84 valence electrons. The minimum absolute atomic E-state index is 0.187. The Kier molecular flexibility index (Phi) is 5.73. The average molecular weight is 246 g/mol. The summed E-state index contributed by atoms with van der Waals surface area (Å²) in [6.45, 7) is 0.638. The van der Waals surface area contributed by atoms with Gasteiger partial charge in [-0.05, 0) is 24.3 Å². The maximum absolute atomic E-state index is 11.5. The standard InChI is InChI=1S/C11H16ClNOS/c1-13(8-7-12)11(14)6-2-4-10-5-3-9-15-10/h3,5,9H,2,4,6-8H2,1H3. The van der Waals surface area contributed by atoms with Crippen LogP contribution in [0.3, 0.4) is 0 Å². The first-order chi connectivity index (χ1) is 7.24. The van der Waals surface area contributed by atoms with Crippen LogP contribution in [0.2, 0.25) is 0 Å². The molecule has 0 saturated heterocycles. The lowest BCUT2D eigenvalue weighted by atomic mass is 10.2. The van der Waals surface area contributed by atoms with Crippen molar-refractivity contribution in [3.8, 4) is 0 Å². The van der Waals surface area contributed by atoms with Crippen molar-refractivity contribution in [3.05, 3.63) is 22.4 Å². The molecule has 0 N–H and O–H groups in total.